The van der Waals surface area contributed by atoms with Gasteiger partial charge in [-0.3, -0.25) is 14.5 Å². The number of amides is 2. The molecular weight excluding hydrogens is 376 g/mol. The number of aromatic carboxylic acids is 1. The average Bonchev–Trinajstić information content (AvgIpc) is 2.69. The number of hydrogen-bond acceptors (Lipinski definition) is 6. The van der Waals surface area contributed by atoms with Crippen molar-refractivity contribution in [3.8, 4) is 0 Å². The van der Waals surface area contributed by atoms with E-state index < -0.39 is 5.97 Å². The summed E-state index contributed by atoms with van der Waals surface area (Å²) in [5.41, 5.74) is 1.18. The Kier molecular flexibility index (Phi) is 8.88. The molecule has 0 aliphatic carbocycles. The Morgan fingerprint density at radius 1 is 1.14 bits per heavy atom. The molecule has 1 aliphatic rings. The minimum Gasteiger partial charge on any atom is -0.478 e. The first-order valence-electron chi connectivity index (χ1n) is 9.84. The number of hydrogen-bond donors (Lipinski definition) is 3. The SMILES string of the molecule is CCCC(=O)Nc1ccc(N2CCN(CC(=O)NCCOC)CC2)cc1C(=O)O. The highest BCUT2D eigenvalue weighted by atomic mass is 16.5. The lowest BCUT2D eigenvalue weighted by atomic mass is 10.1. The van der Waals surface area contributed by atoms with Crippen molar-refractivity contribution in [3.05, 3.63) is 23.8 Å². The summed E-state index contributed by atoms with van der Waals surface area (Å²) in [6.07, 6.45) is 1.04. The van der Waals surface area contributed by atoms with Crippen LogP contribution in [0.25, 0.3) is 0 Å². The number of carbonyl (C=O) groups excluding carboxylic acids is 2. The number of methoxy groups -OCH3 is 1. The predicted molar refractivity (Wildman–Crippen MR) is 110 cm³/mol. The first kappa shape index (κ1) is 22.6. The molecule has 1 saturated heterocycles. The zero-order chi connectivity index (χ0) is 21.2. The number of nitrogens with one attached hydrogen (secondary N) is 2. The molecule has 0 spiro atoms. The third kappa shape index (κ3) is 7.03. The van der Waals surface area contributed by atoms with Crippen molar-refractivity contribution >= 4 is 29.2 Å². The zero-order valence-electron chi connectivity index (χ0n) is 17.1. The largest absolute Gasteiger partial charge is 0.478 e. The molecule has 0 radical (unpaired) electrons. The van der Waals surface area contributed by atoms with Crippen LogP contribution in [0.15, 0.2) is 18.2 Å². The van der Waals surface area contributed by atoms with E-state index in [9.17, 15) is 19.5 Å². The number of anilines is 2. The Bertz CT molecular complexity index is 717. The molecule has 1 aromatic carbocycles. The van der Waals surface area contributed by atoms with Crippen LogP contribution in [0.4, 0.5) is 11.4 Å². The lowest BCUT2D eigenvalue weighted by molar-refractivity contribution is -0.122. The number of benzene rings is 1. The van der Waals surface area contributed by atoms with Gasteiger partial charge < -0.3 is 25.4 Å². The summed E-state index contributed by atoms with van der Waals surface area (Å²) in [4.78, 5) is 39.5. The van der Waals surface area contributed by atoms with E-state index in [1.54, 1.807) is 19.2 Å². The molecule has 29 heavy (non-hydrogen) atoms. The molecule has 0 aromatic heterocycles. The second-order valence-electron chi connectivity index (χ2n) is 6.94. The Hall–Kier alpha value is -2.65. The van der Waals surface area contributed by atoms with Crippen molar-refractivity contribution in [2.24, 2.45) is 0 Å². The summed E-state index contributed by atoms with van der Waals surface area (Å²) < 4.78 is 4.91. The maximum atomic E-state index is 11.9. The van der Waals surface area contributed by atoms with Gasteiger partial charge in [-0.2, -0.15) is 0 Å². The molecule has 9 heteroatoms. The molecule has 2 amide bonds. The van der Waals surface area contributed by atoms with Gasteiger partial charge in [0.1, 0.15) is 0 Å². The Labute approximate surface area is 171 Å². The minimum absolute atomic E-state index is 0.0316. The van der Waals surface area contributed by atoms with E-state index in [0.29, 0.717) is 64.4 Å². The maximum absolute atomic E-state index is 11.9. The van der Waals surface area contributed by atoms with Gasteiger partial charge in [0.15, 0.2) is 0 Å². The summed E-state index contributed by atoms with van der Waals surface area (Å²) in [7, 11) is 1.59. The molecule has 9 nitrogen and oxygen atoms in total. The van der Waals surface area contributed by atoms with E-state index >= 15 is 0 Å². The number of ether oxygens (including phenoxy) is 1. The Morgan fingerprint density at radius 3 is 2.48 bits per heavy atom. The summed E-state index contributed by atoms with van der Waals surface area (Å²) in [6, 6.07) is 5.06. The van der Waals surface area contributed by atoms with Gasteiger partial charge in [-0.05, 0) is 24.6 Å². The molecular formula is C20H30N4O5. The molecule has 0 unspecified atom stereocenters. The van der Waals surface area contributed by atoms with Crippen LogP contribution in [0.1, 0.15) is 30.1 Å². The fourth-order valence-corrected chi connectivity index (χ4v) is 3.17. The van der Waals surface area contributed by atoms with Gasteiger partial charge in [-0.25, -0.2) is 4.79 Å². The highest BCUT2D eigenvalue weighted by Crippen LogP contribution is 2.25. The molecule has 2 rings (SSSR count). The van der Waals surface area contributed by atoms with E-state index in [4.69, 9.17) is 4.74 Å². The normalized spacial score (nSPS) is 14.5. The van der Waals surface area contributed by atoms with E-state index in [1.807, 2.05) is 13.0 Å². The van der Waals surface area contributed by atoms with Crippen molar-refractivity contribution in [3.63, 3.8) is 0 Å². The summed E-state index contributed by atoms with van der Waals surface area (Å²) >= 11 is 0. The number of carboxylic acid groups (broad SMARTS) is 1. The third-order valence-corrected chi connectivity index (χ3v) is 4.72. The van der Waals surface area contributed by atoms with Crippen LogP contribution in [0.5, 0.6) is 0 Å². The molecule has 3 N–H and O–H groups in total. The lowest BCUT2D eigenvalue weighted by Gasteiger charge is -2.36. The topological polar surface area (TPSA) is 111 Å². The Morgan fingerprint density at radius 2 is 1.86 bits per heavy atom. The maximum Gasteiger partial charge on any atom is 0.337 e. The van der Waals surface area contributed by atoms with Crippen LogP contribution in [0, 0.1) is 0 Å². The van der Waals surface area contributed by atoms with Crippen LogP contribution in [0.3, 0.4) is 0 Å². The summed E-state index contributed by atoms with van der Waals surface area (Å²) in [6.45, 7) is 5.99. The molecule has 0 bridgehead atoms. The first-order valence-corrected chi connectivity index (χ1v) is 9.84. The van der Waals surface area contributed by atoms with Crippen molar-refractivity contribution < 1.29 is 24.2 Å². The molecule has 1 aliphatic heterocycles. The van der Waals surface area contributed by atoms with Gasteiger partial charge in [-0.15, -0.1) is 0 Å². The summed E-state index contributed by atoms with van der Waals surface area (Å²) in [5.74, 6) is -1.30. The predicted octanol–water partition coefficient (Wildman–Crippen LogP) is 1.01. The Balaban J connectivity index is 1.94. The van der Waals surface area contributed by atoms with Crippen LogP contribution >= 0.6 is 0 Å². The molecule has 160 valence electrons. The van der Waals surface area contributed by atoms with Gasteiger partial charge in [0.25, 0.3) is 0 Å². The monoisotopic (exact) mass is 406 g/mol. The molecule has 0 saturated carbocycles. The smallest absolute Gasteiger partial charge is 0.337 e. The third-order valence-electron chi connectivity index (χ3n) is 4.72. The van der Waals surface area contributed by atoms with E-state index in [1.165, 1.54) is 0 Å². The van der Waals surface area contributed by atoms with Crippen molar-refractivity contribution in [2.75, 3.05) is 63.2 Å². The average molecular weight is 406 g/mol. The van der Waals surface area contributed by atoms with Crippen molar-refractivity contribution in [2.45, 2.75) is 19.8 Å². The molecule has 1 heterocycles. The van der Waals surface area contributed by atoms with Crippen molar-refractivity contribution in [1.82, 2.24) is 10.2 Å². The highest BCUT2D eigenvalue weighted by molar-refractivity contribution is 6.01. The number of carboxylic acids is 1. The minimum atomic E-state index is -1.08. The number of nitrogens with zero attached hydrogens (tertiary/aromatic N) is 2. The number of piperazine rings is 1. The van der Waals surface area contributed by atoms with E-state index in [0.717, 1.165) is 5.69 Å². The van der Waals surface area contributed by atoms with E-state index in [2.05, 4.69) is 20.4 Å². The van der Waals surface area contributed by atoms with Crippen LogP contribution < -0.4 is 15.5 Å². The zero-order valence-corrected chi connectivity index (χ0v) is 17.1. The highest BCUT2D eigenvalue weighted by Gasteiger charge is 2.21. The fraction of sp³-hybridized carbons (Fsp3) is 0.550. The molecule has 0 atom stereocenters. The van der Waals surface area contributed by atoms with E-state index in [-0.39, 0.29) is 17.4 Å². The lowest BCUT2D eigenvalue weighted by Crippen LogP contribution is -2.49. The van der Waals surface area contributed by atoms with Crippen molar-refractivity contribution in [1.29, 1.82) is 0 Å². The van der Waals surface area contributed by atoms with Crippen LogP contribution in [-0.4, -0.2) is 80.8 Å². The first-order chi connectivity index (χ1) is 13.9. The van der Waals surface area contributed by atoms with Crippen LogP contribution in [-0.2, 0) is 14.3 Å². The van der Waals surface area contributed by atoms with Gasteiger partial charge in [-0.1, -0.05) is 6.92 Å². The quantitative estimate of drug-likeness (QED) is 0.497. The second kappa shape index (κ2) is 11.4. The fourth-order valence-electron chi connectivity index (χ4n) is 3.17. The molecule has 1 fully saturated rings. The van der Waals surface area contributed by atoms with Gasteiger partial charge in [0.05, 0.1) is 24.4 Å². The number of rotatable bonds is 10. The molecule has 1 aromatic rings. The standard InChI is InChI=1S/C20H30N4O5/c1-3-4-18(25)22-17-6-5-15(13-16(17)20(27)28)24-10-8-23(9-11-24)14-19(26)21-7-12-29-2/h5-6,13H,3-4,7-12,14H2,1-2H3,(H,21,26)(H,22,25)(H,27,28). The van der Waals surface area contributed by atoms with Gasteiger partial charge in [0.2, 0.25) is 11.8 Å². The summed E-state index contributed by atoms with van der Waals surface area (Å²) in [5, 5.41) is 15.0. The number of carbonyl (C=O) groups is 3. The van der Waals surface area contributed by atoms with Gasteiger partial charge >= 0.3 is 5.97 Å². The van der Waals surface area contributed by atoms with Crippen LogP contribution in [0.2, 0.25) is 0 Å². The second-order valence-corrected chi connectivity index (χ2v) is 6.94. The van der Waals surface area contributed by atoms with Gasteiger partial charge in [0, 0.05) is 51.9 Å².